The van der Waals surface area contributed by atoms with Gasteiger partial charge in [0, 0.05) is 12.1 Å². The van der Waals surface area contributed by atoms with Gasteiger partial charge in [-0.25, -0.2) is 14.0 Å². The number of nitrogens with zero attached hydrogens (tertiary/aromatic N) is 1. The average molecular weight is 450 g/mol. The predicted octanol–water partition coefficient (Wildman–Crippen LogP) is 5.07. The number of hydrogen-bond donors (Lipinski definition) is 0. The van der Waals surface area contributed by atoms with Crippen LogP contribution in [0.4, 0.5) is 9.18 Å². The molecule has 1 heterocycles. The molecule has 1 amide bonds. The number of carbonyl (C=O) groups excluding carboxylic acids is 2. The number of ether oxygens (including phenoxy) is 3. The molecule has 0 unspecified atom stereocenters. The quantitative estimate of drug-likeness (QED) is 0.610. The minimum Gasteiger partial charge on any atom is -0.489 e. The normalized spacial score (nSPS) is 15.8. The molecule has 0 spiro atoms. The van der Waals surface area contributed by atoms with Crippen molar-refractivity contribution in [1.82, 2.24) is 4.90 Å². The van der Waals surface area contributed by atoms with Gasteiger partial charge in [0.1, 0.15) is 23.8 Å². The molecule has 166 valence electrons. The minimum absolute atomic E-state index is 0.00957. The summed E-state index contributed by atoms with van der Waals surface area (Å²) in [7, 11) is 1.28. The highest BCUT2D eigenvalue weighted by molar-refractivity contribution is 6.30. The number of carbonyl (C=O) groups is 2. The van der Waals surface area contributed by atoms with Crippen LogP contribution in [0.3, 0.4) is 0 Å². The molecule has 3 rings (SSSR count). The van der Waals surface area contributed by atoms with Gasteiger partial charge < -0.3 is 14.2 Å². The van der Waals surface area contributed by atoms with Gasteiger partial charge in [-0.1, -0.05) is 29.8 Å². The molecule has 0 bridgehead atoms. The summed E-state index contributed by atoms with van der Waals surface area (Å²) >= 11 is 5.81. The van der Waals surface area contributed by atoms with Gasteiger partial charge in [-0.2, -0.15) is 0 Å². The molecule has 0 aliphatic carbocycles. The second-order valence-electron chi connectivity index (χ2n) is 8.21. The SMILES string of the molecule is COC(=O)[C@H]1c2ccc(OCc3cccc(Cl)c3F)cc2CCN1C(=O)OC(C)(C)C. The Balaban J connectivity index is 1.83. The molecular formula is C23H25ClFNO5. The van der Waals surface area contributed by atoms with Crippen molar-refractivity contribution in [3.8, 4) is 5.75 Å². The lowest BCUT2D eigenvalue weighted by Crippen LogP contribution is -2.46. The molecule has 0 saturated heterocycles. The Kier molecular flexibility index (Phi) is 6.74. The summed E-state index contributed by atoms with van der Waals surface area (Å²) in [6, 6.07) is 9.01. The van der Waals surface area contributed by atoms with Crippen LogP contribution < -0.4 is 4.74 Å². The van der Waals surface area contributed by atoms with Gasteiger partial charge in [0.15, 0.2) is 6.04 Å². The third-order valence-electron chi connectivity index (χ3n) is 4.82. The highest BCUT2D eigenvalue weighted by Gasteiger charge is 2.39. The monoisotopic (exact) mass is 449 g/mol. The Morgan fingerprint density at radius 3 is 2.65 bits per heavy atom. The Morgan fingerprint density at radius 2 is 1.97 bits per heavy atom. The predicted molar refractivity (Wildman–Crippen MR) is 114 cm³/mol. The summed E-state index contributed by atoms with van der Waals surface area (Å²) in [6.07, 6.45) is -0.0737. The summed E-state index contributed by atoms with van der Waals surface area (Å²) in [4.78, 5) is 26.6. The van der Waals surface area contributed by atoms with E-state index in [9.17, 15) is 14.0 Å². The number of amides is 1. The van der Waals surface area contributed by atoms with Crippen molar-refractivity contribution in [3.05, 3.63) is 63.9 Å². The van der Waals surface area contributed by atoms with E-state index in [-0.39, 0.29) is 18.2 Å². The second kappa shape index (κ2) is 9.14. The molecule has 0 N–H and O–H groups in total. The van der Waals surface area contributed by atoms with Gasteiger partial charge in [0.05, 0.1) is 12.1 Å². The summed E-state index contributed by atoms with van der Waals surface area (Å²) in [6.45, 7) is 5.59. The lowest BCUT2D eigenvalue weighted by Gasteiger charge is -2.36. The number of methoxy groups -OCH3 is 1. The molecular weight excluding hydrogens is 425 g/mol. The molecule has 0 radical (unpaired) electrons. The van der Waals surface area contributed by atoms with Crippen LogP contribution in [-0.4, -0.2) is 36.2 Å². The van der Waals surface area contributed by atoms with Crippen molar-refractivity contribution in [3.63, 3.8) is 0 Å². The molecule has 0 fully saturated rings. The van der Waals surface area contributed by atoms with Crippen LogP contribution >= 0.6 is 11.6 Å². The lowest BCUT2D eigenvalue weighted by atomic mass is 9.92. The number of benzene rings is 2. The molecule has 0 saturated carbocycles. The van der Waals surface area contributed by atoms with E-state index < -0.39 is 29.5 Å². The van der Waals surface area contributed by atoms with E-state index in [1.54, 1.807) is 51.1 Å². The first-order valence-electron chi connectivity index (χ1n) is 9.86. The van der Waals surface area contributed by atoms with Crippen molar-refractivity contribution < 1.29 is 28.2 Å². The number of halogens is 2. The Hall–Kier alpha value is -2.80. The fraction of sp³-hybridized carbons (Fsp3) is 0.391. The fourth-order valence-corrected chi connectivity index (χ4v) is 3.59. The molecule has 1 aliphatic rings. The van der Waals surface area contributed by atoms with Crippen LogP contribution in [-0.2, 0) is 27.3 Å². The second-order valence-corrected chi connectivity index (χ2v) is 8.62. The van der Waals surface area contributed by atoms with Crippen LogP contribution in [0.1, 0.15) is 43.5 Å². The van der Waals surface area contributed by atoms with Crippen LogP contribution in [0.25, 0.3) is 0 Å². The van der Waals surface area contributed by atoms with E-state index in [1.807, 2.05) is 0 Å². The molecule has 31 heavy (non-hydrogen) atoms. The molecule has 1 aliphatic heterocycles. The van der Waals surface area contributed by atoms with E-state index in [4.69, 9.17) is 25.8 Å². The van der Waals surface area contributed by atoms with Crippen LogP contribution in [0.15, 0.2) is 36.4 Å². The van der Waals surface area contributed by atoms with Crippen molar-refractivity contribution in [2.24, 2.45) is 0 Å². The van der Waals surface area contributed by atoms with Gasteiger partial charge >= 0.3 is 12.1 Å². The smallest absolute Gasteiger partial charge is 0.411 e. The molecule has 0 aromatic heterocycles. The van der Waals surface area contributed by atoms with E-state index in [0.717, 1.165) is 5.56 Å². The van der Waals surface area contributed by atoms with Gasteiger partial charge in [0.25, 0.3) is 0 Å². The van der Waals surface area contributed by atoms with Crippen molar-refractivity contribution >= 4 is 23.7 Å². The number of esters is 1. The maximum atomic E-state index is 14.1. The van der Waals surface area contributed by atoms with Gasteiger partial charge in [-0.3, -0.25) is 4.90 Å². The Labute approximate surface area is 185 Å². The van der Waals surface area contributed by atoms with Crippen molar-refractivity contribution in [2.45, 2.75) is 45.4 Å². The highest BCUT2D eigenvalue weighted by atomic mass is 35.5. The largest absolute Gasteiger partial charge is 0.489 e. The molecule has 1 atom stereocenters. The first-order chi connectivity index (χ1) is 14.6. The molecule has 8 heteroatoms. The maximum Gasteiger partial charge on any atom is 0.411 e. The van der Waals surface area contributed by atoms with E-state index in [0.29, 0.717) is 23.3 Å². The summed E-state index contributed by atoms with van der Waals surface area (Å²) < 4.78 is 30.2. The zero-order chi connectivity index (χ0) is 22.8. The standard InChI is InChI=1S/C23H25ClFNO5/c1-23(2,3)31-22(28)26-11-10-14-12-16(8-9-17(14)20(26)21(27)29-4)30-13-15-6-5-7-18(24)19(15)25/h5-9,12,20H,10-11,13H2,1-4H3/t20-/m1/s1. The highest BCUT2D eigenvalue weighted by Crippen LogP contribution is 2.34. The number of rotatable bonds is 4. The van der Waals surface area contributed by atoms with Crippen molar-refractivity contribution in [1.29, 1.82) is 0 Å². The van der Waals surface area contributed by atoms with Gasteiger partial charge in [-0.05, 0) is 56.5 Å². The summed E-state index contributed by atoms with van der Waals surface area (Å²) in [5, 5.41) is 0.0368. The third-order valence-corrected chi connectivity index (χ3v) is 5.11. The minimum atomic E-state index is -0.914. The van der Waals surface area contributed by atoms with Crippen LogP contribution in [0, 0.1) is 5.82 Å². The topological polar surface area (TPSA) is 65.1 Å². The van der Waals surface area contributed by atoms with Gasteiger partial charge in [-0.15, -0.1) is 0 Å². The van der Waals surface area contributed by atoms with E-state index in [1.165, 1.54) is 18.1 Å². The Bertz CT molecular complexity index is 988. The molecule has 6 nitrogen and oxygen atoms in total. The zero-order valence-electron chi connectivity index (χ0n) is 17.9. The number of hydrogen-bond acceptors (Lipinski definition) is 5. The third kappa shape index (κ3) is 5.28. The number of fused-ring (bicyclic) bond motifs is 1. The van der Waals surface area contributed by atoms with E-state index in [2.05, 4.69) is 0 Å². The average Bonchev–Trinajstić information content (AvgIpc) is 2.72. The molecule has 2 aromatic carbocycles. The fourth-order valence-electron chi connectivity index (χ4n) is 3.40. The Morgan fingerprint density at radius 1 is 1.23 bits per heavy atom. The van der Waals surface area contributed by atoms with Crippen molar-refractivity contribution in [2.75, 3.05) is 13.7 Å². The lowest BCUT2D eigenvalue weighted by molar-refractivity contribution is -0.147. The van der Waals surface area contributed by atoms with Crippen LogP contribution in [0.5, 0.6) is 5.75 Å². The van der Waals surface area contributed by atoms with Gasteiger partial charge in [0.2, 0.25) is 0 Å². The molecule has 2 aromatic rings. The first-order valence-corrected chi connectivity index (χ1v) is 10.2. The summed E-state index contributed by atoms with van der Waals surface area (Å²) in [5.74, 6) is -0.546. The maximum absolute atomic E-state index is 14.1. The zero-order valence-corrected chi connectivity index (χ0v) is 18.7. The van der Waals surface area contributed by atoms with E-state index >= 15 is 0 Å². The summed E-state index contributed by atoms with van der Waals surface area (Å²) in [5.41, 5.74) is 1.14. The van der Waals surface area contributed by atoms with Crippen LogP contribution in [0.2, 0.25) is 5.02 Å². The first kappa shape index (κ1) is 22.9.